The van der Waals surface area contributed by atoms with Crippen molar-refractivity contribution in [2.45, 2.75) is 27.7 Å². The molecule has 1 aliphatic rings. The quantitative estimate of drug-likeness (QED) is 0.309. The van der Waals surface area contributed by atoms with E-state index in [0.717, 1.165) is 61.1 Å². The molecular formula is C29H27N5. The molecule has 0 atom stereocenters. The van der Waals surface area contributed by atoms with Gasteiger partial charge in [-0.1, -0.05) is 0 Å². The van der Waals surface area contributed by atoms with Gasteiger partial charge in [-0.05, 0) is 111 Å². The molecule has 0 radical (unpaired) electrons. The average molecular weight is 446 g/mol. The van der Waals surface area contributed by atoms with E-state index in [1.165, 1.54) is 16.7 Å². The van der Waals surface area contributed by atoms with Gasteiger partial charge in [0, 0.05) is 44.4 Å². The van der Waals surface area contributed by atoms with Gasteiger partial charge >= 0.3 is 0 Å². The summed E-state index contributed by atoms with van der Waals surface area (Å²) < 4.78 is 0. The van der Waals surface area contributed by atoms with Crippen molar-refractivity contribution in [2.75, 3.05) is 0 Å². The van der Waals surface area contributed by atoms with Crippen molar-refractivity contribution >= 4 is 23.8 Å². The number of aryl methyl sites for hydroxylation is 1. The van der Waals surface area contributed by atoms with Crippen LogP contribution in [0.15, 0.2) is 48.5 Å². The van der Waals surface area contributed by atoms with Crippen molar-refractivity contribution in [2.24, 2.45) is 0 Å². The Morgan fingerprint density at radius 2 is 1.12 bits per heavy atom. The van der Waals surface area contributed by atoms with Gasteiger partial charge in [-0.3, -0.25) is 4.98 Å². The summed E-state index contributed by atoms with van der Waals surface area (Å²) in [5.41, 5.74) is 11.0. The highest BCUT2D eigenvalue weighted by Crippen LogP contribution is 2.26. The molecule has 0 fully saturated rings. The van der Waals surface area contributed by atoms with Crippen molar-refractivity contribution in [1.29, 1.82) is 0 Å². The summed E-state index contributed by atoms with van der Waals surface area (Å²) in [7, 11) is 0. The monoisotopic (exact) mass is 445 g/mol. The van der Waals surface area contributed by atoms with Crippen molar-refractivity contribution in [3.8, 4) is 0 Å². The molecule has 0 aromatic carbocycles. The molecule has 6 heterocycles. The maximum atomic E-state index is 5.06. The predicted molar refractivity (Wildman–Crippen MR) is 137 cm³/mol. The Morgan fingerprint density at radius 1 is 0.529 bits per heavy atom. The second-order valence-electron chi connectivity index (χ2n) is 9.12. The number of rotatable bonds is 1. The van der Waals surface area contributed by atoms with Crippen LogP contribution in [0.25, 0.3) is 23.8 Å². The third-order valence-corrected chi connectivity index (χ3v) is 6.89. The number of H-pyrrole nitrogens is 4. The summed E-state index contributed by atoms with van der Waals surface area (Å²) in [6.07, 6.45) is 6.37. The van der Waals surface area contributed by atoms with Gasteiger partial charge < -0.3 is 19.9 Å². The Hall–Kier alpha value is -4.25. The highest BCUT2D eigenvalue weighted by atomic mass is 14.8. The third kappa shape index (κ3) is 3.46. The fraction of sp³-hybridized carbons (Fsp3) is 0.138. The van der Waals surface area contributed by atoms with Gasteiger partial charge in [0.1, 0.15) is 0 Å². The van der Waals surface area contributed by atoms with Crippen molar-refractivity contribution in [3.05, 3.63) is 121 Å². The highest BCUT2D eigenvalue weighted by Gasteiger charge is 2.17. The number of aromatic nitrogens is 5. The van der Waals surface area contributed by atoms with E-state index in [1.807, 2.05) is 0 Å². The van der Waals surface area contributed by atoms with E-state index in [0.29, 0.717) is 0 Å². The average Bonchev–Trinajstić information content (AvgIpc) is 3.61. The first kappa shape index (κ1) is 20.4. The van der Waals surface area contributed by atoms with Crippen molar-refractivity contribution < 1.29 is 0 Å². The molecule has 0 aliphatic carbocycles. The molecule has 5 nitrogen and oxygen atoms in total. The molecule has 34 heavy (non-hydrogen) atoms. The van der Waals surface area contributed by atoms with E-state index in [1.54, 1.807) is 0 Å². The zero-order valence-corrected chi connectivity index (χ0v) is 19.8. The number of nitrogens with one attached hydrogen (secondary N) is 4. The lowest BCUT2D eigenvalue weighted by Gasteiger charge is -2.15. The van der Waals surface area contributed by atoms with Gasteiger partial charge in [-0.2, -0.15) is 0 Å². The van der Waals surface area contributed by atoms with E-state index in [2.05, 4.69) is 114 Å². The summed E-state index contributed by atoms with van der Waals surface area (Å²) in [4.78, 5) is 19.3. The molecule has 5 aromatic heterocycles. The number of nitrogens with zero attached hydrogens (tertiary/aromatic N) is 1. The Labute approximate surface area is 197 Å². The fourth-order valence-corrected chi connectivity index (χ4v) is 4.69. The van der Waals surface area contributed by atoms with E-state index >= 15 is 0 Å². The summed E-state index contributed by atoms with van der Waals surface area (Å²) >= 11 is 0. The van der Waals surface area contributed by atoms with Crippen LogP contribution < -0.4 is 21.4 Å². The van der Waals surface area contributed by atoms with Crippen LogP contribution in [0.2, 0.25) is 0 Å². The first-order valence-corrected chi connectivity index (χ1v) is 11.6. The van der Waals surface area contributed by atoms with Crippen LogP contribution in [0.1, 0.15) is 50.9 Å². The predicted octanol–water partition coefficient (Wildman–Crippen LogP) is 2.67. The highest BCUT2D eigenvalue weighted by molar-refractivity contribution is 5.78. The Bertz CT molecular complexity index is 1800. The number of fused-ring (bicyclic) bond motifs is 8. The van der Waals surface area contributed by atoms with Crippen LogP contribution in [-0.2, 0) is 0 Å². The lowest BCUT2D eigenvalue weighted by atomic mass is 9.96. The van der Waals surface area contributed by atoms with E-state index in [9.17, 15) is 0 Å². The molecule has 5 aromatic rings. The number of pyridine rings is 1. The first-order valence-electron chi connectivity index (χ1n) is 11.6. The molecule has 0 unspecified atom stereocenters. The van der Waals surface area contributed by atoms with E-state index < -0.39 is 0 Å². The maximum Gasteiger partial charge on any atom is 0.0779 e. The first-order chi connectivity index (χ1) is 16.4. The molecular weight excluding hydrogens is 418 g/mol. The Balaban J connectivity index is 1.70. The molecule has 8 bridgehead atoms. The van der Waals surface area contributed by atoms with Crippen LogP contribution in [0.3, 0.4) is 0 Å². The largest absolute Gasteiger partial charge is 0.355 e. The second kappa shape index (κ2) is 7.66. The molecule has 5 heteroatoms. The van der Waals surface area contributed by atoms with Crippen LogP contribution >= 0.6 is 0 Å². The summed E-state index contributed by atoms with van der Waals surface area (Å²) in [5, 5.41) is 4.17. The zero-order valence-electron chi connectivity index (χ0n) is 19.8. The molecule has 6 rings (SSSR count). The van der Waals surface area contributed by atoms with E-state index in [4.69, 9.17) is 4.98 Å². The summed E-state index contributed by atoms with van der Waals surface area (Å²) in [6, 6.07) is 16.9. The van der Waals surface area contributed by atoms with Gasteiger partial charge in [0.15, 0.2) is 0 Å². The maximum absolute atomic E-state index is 5.06. The molecule has 0 saturated carbocycles. The molecule has 4 N–H and O–H groups in total. The zero-order chi connectivity index (χ0) is 23.4. The smallest absolute Gasteiger partial charge is 0.0779 e. The number of hydrogen-bond donors (Lipinski definition) is 4. The molecule has 0 saturated heterocycles. The van der Waals surface area contributed by atoms with Gasteiger partial charge in [-0.25, -0.2) is 0 Å². The molecule has 0 spiro atoms. The van der Waals surface area contributed by atoms with Crippen molar-refractivity contribution in [3.63, 3.8) is 0 Å². The van der Waals surface area contributed by atoms with E-state index in [-0.39, 0.29) is 0 Å². The SMILES string of the molecule is Cc1nc(C2=c3ccc([nH]3)=Cc3ccc([nH]3)C=c3ccc([nH]3)=Cc3ccc2[nH]3)c(C)c(C)c1C. The normalized spacial score (nSPS) is 12.8. The lowest BCUT2D eigenvalue weighted by molar-refractivity contribution is 1.06. The van der Waals surface area contributed by atoms with Gasteiger partial charge in [0.25, 0.3) is 0 Å². The minimum absolute atomic E-state index is 1.00. The molecule has 1 aliphatic heterocycles. The second-order valence-corrected chi connectivity index (χ2v) is 9.12. The van der Waals surface area contributed by atoms with Gasteiger partial charge in [0.05, 0.1) is 16.7 Å². The Morgan fingerprint density at radius 3 is 1.82 bits per heavy atom. The standard InChI is InChI=1S/C29H27N5/c1-16-17(2)19(4)30-29(18(16)3)28-26-11-9-24(33-26)14-22-7-5-20(31-22)13-21-6-8-23(32-21)15-25-10-12-27(28)34-25/h5-15,31-34H,1-4H3. The molecule has 0 amide bonds. The van der Waals surface area contributed by atoms with Crippen LogP contribution in [0, 0.1) is 27.7 Å². The number of hydrogen-bond acceptors (Lipinski definition) is 1. The van der Waals surface area contributed by atoms with Gasteiger partial charge in [-0.15, -0.1) is 0 Å². The lowest BCUT2D eigenvalue weighted by Crippen LogP contribution is -2.17. The topological polar surface area (TPSA) is 76.0 Å². The van der Waals surface area contributed by atoms with Gasteiger partial charge in [0.2, 0.25) is 0 Å². The summed E-state index contributed by atoms with van der Waals surface area (Å²) in [6.45, 7) is 8.59. The minimum atomic E-state index is 1.00. The van der Waals surface area contributed by atoms with Crippen LogP contribution in [0.4, 0.5) is 0 Å². The number of aromatic amines is 4. The summed E-state index contributed by atoms with van der Waals surface area (Å²) in [5.74, 6) is 0. The minimum Gasteiger partial charge on any atom is -0.355 e. The van der Waals surface area contributed by atoms with Crippen LogP contribution in [0.5, 0.6) is 0 Å². The molecule has 168 valence electrons. The Kier molecular flexibility index (Phi) is 4.59. The van der Waals surface area contributed by atoms with Crippen molar-refractivity contribution in [1.82, 2.24) is 24.9 Å². The third-order valence-electron chi connectivity index (χ3n) is 6.89. The fourth-order valence-electron chi connectivity index (χ4n) is 4.69. The van der Waals surface area contributed by atoms with Crippen LogP contribution in [-0.4, -0.2) is 24.9 Å².